The summed E-state index contributed by atoms with van der Waals surface area (Å²) in [5.74, 6) is -0.298. The van der Waals surface area contributed by atoms with Crippen molar-refractivity contribution in [1.29, 1.82) is 0 Å². The number of carbonyl (C=O) groups excluding carboxylic acids is 2. The molecule has 0 aliphatic rings. The molecule has 0 aliphatic heterocycles. The Morgan fingerprint density at radius 1 is 1.00 bits per heavy atom. The summed E-state index contributed by atoms with van der Waals surface area (Å²) in [6.45, 7) is 0. The van der Waals surface area contributed by atoms with Gasteiger partial charge in [-0.05, 0) is 41.1 Å². The second kappa shape index (κ2) is 11.8. The van der Waals surface area contributed by atoms with Gasteiger partial charge in [-0.15, -0.1) is 22.7 Å². The third kappa shape index (κ3) is 6.30. The largest absolute Gasteiger partial charge is 0.436 e. The molecule has 0 spiro atoms. The molecule has 186 valence electrons. The van der Waals surface area contributed by atoms with Crippen LogP contribution in [0.1, 0.15) is 22.9 Å². The van der Waals surface area contributed by atoms with Gasteiger partial charge in [0.05, 0.1) is 16.6 Å². The van der Waals surface area contributed by atoms with Crippen LogP contribution in [0, 0.1) is 0 Å². The van der Waals surface area contributed by atoms with Gasteiger partial charge in [-0.3, -0.25) is 4.79 Å². The molecule has 3 N–H and O–H groups in total. The summed E-state index contributed by atoms with van der Waals surface area (Å²) in [6.07, 6.45) is -0.833. The highest BCUT2D eigenvalue weighted by atomic mass is 32.1. The van der Waals surface area contributed by atoms with E-state index in [1.54, 1.807) is 34.6 Å². The number of rotatable bonds is 9. The number of anilines is 1. The van der Waals surface area contributed by atoms with E-state index in [1.807, 2.05) is 77.5 Å². The number of ether oxygens (including phenoxy) is 1. The van der Waals surface area contributed by atoms with E-state index in [4.69, 9.17) is 15.5 Å². The number of nitrogens with zero attached hydrogens (tertiary/aromatic N) is 2. The summed E-state index contributed by atoms with van der Waals surface area (Å²) in [5.41, 5.74) is 9.26. The number of benzene rings is 2. The maximum Gasteiger partial charge on any atom is 0.407 e. The molecule has 4 rings (SSSR count). The molecule has 7 nitrogen and oxygen atoms in total. The van der Waals surface area contributed by atoms with Crippen LogP contribution in [0.2, 0.25) is 0 Å². The quantitative estimate of drug-likeness (QED) is 0.297. The molecule has 2 aromatic carbocycles. The van der Waals surface area contributed by atoms with Gasteiger partial charge in [0.25, 0.3) is 5.91 Å². The average molecular weight is 521 g/mol. The summed E-state index contributed by atoms with van der Waals surface area (Å²) in [7, 11) is 3.21. The van der Waals surface area contributed by atoms with Crippen molar-refractivity contribution in [2.45, 2.75) is 25.0 Å². The number of likely N-dealkylation sites (N-methyl/N-ethyl adjacent to an activating group) is 1. The van der Waals surface area contributed by atoms with Crippen LogP contribution in [0.4, 0.5) is 10.5 Å². The molecule has 0 aliphatic carbocycles. The Balaban J connectivity index is 1.64. The Morgan fingerprint density at radius 2 is 1.72 bits per heavy atom. The van der Waals surface area contributed by atoms with Gasteiger partial charge in [-0.1, -0.05) is 48.5 Å². The molecule has 9 heteroatoms. The lowest BCUT2D eigenvalue weighted by molar-refractivity contribution is -0.141. The molecule has 36 heavy (non-hydrogen) atoms. The van der Waals surface area contributed by atoms with Crippen molar-refractivity contribution in [2.75, 3.05) is 19.8 Å². The molecule has 4 aromatic rings. The number of amides is 2. The monoisotopic (exact) mass is 520 g/mol. The predicted molar refractivity (Wildman–Crippen MR) is 145 cm³/mol. The molecular weight excluding hydrogens is 492 g/mol. The van der Waals surface area contributed by atoms with E-state index in [0.717, 1.165) is 26.7 Å². The average Bonchev–Trinajstić information content (AvgIpc) is 3.60. The molecule has 0 radical (unpaired) electrons. The number of aromatic nitrogens is 1. The van der Waals surface area contributed by atoms with Gasteiger partial charge in [-0.25, -0.2) is 9.78 Å². The first-order valence-electron chi connectivity index (χ1n) is 11.5. The highest BCUT2D eigenvalue weighted by Crippen LogP contribution is 2.33. The van der Waals surface area contributed by atoms with Crippen molar-refractivity contribution in [3.63, 3.8) is 0 Å². The molecule has 2 unspecified atom stereocenters. The first-order chi connectivity index (χ1) is 17.4. The van der Waals surface area contributed by atoms with E-state index in [0.29, 0.717) is 12.1 Å². The van der Waals surface area contributed by atoms with Gasteiger partial charge in [0.1, 0.15) is 5.01 Å². The van der Waals surface area contributed by atoms with Crippen molar-refractivity contribution >= 4 is 40.4 Å². The number of alkyl carbamates (subject to hydrolysis) is 1. The van der Waals surface area contributed by atoms with Crippen molar-refractivity contribution in [3.8, 4) is 9.88 Å². The highest BCUT2D eigenvalue weighted by molar-refractivity contribution is 7.20. The second-order valence-corrected chi connectivity index (χ2v) is 10.1. The number of carbonyl (C=O) groups is 2. The fourth-order valence-corrected chi connectivity index (χ4v) is 5.53. The van der Waals surface area contributed by atoms with E-state index in [9.17, 15) is 9.59 Å². The number of nitrogen functional groups attached to an aromatic ring is 1. The van der Waals surface area contributed by atoms with E-state index >= 15 is 0 Å². The van der Waals surface area contributed by atoms with E-state index in [2.05, 4.69) is 5.32 Å². The van der Waals surface area contributed by atoms with Crippen molar-refractivity contribution in [1.82, 2.24) is 15.2 Å². The zero-order valence-corrected chi connectivity index (χ0v) is 21.7. The van der Waals surface area contributed by atoms with E-state index in [-0.39, 0.29) is 18.4 Å². The summed E-state index contributed by atoms with van der Waals surface area (Å²) >= 11 is 3.17. The zero-order chi connectivity index (χ0) is 25.5. The van der Waals surface area contributed by atoms with Gasteiger partial charge in [-0.2, -0.15) is 0 Å². The molecule has 2 aromatic heterocycles. The van der Waals surface area contributed by atoms with Crippen LogP contribution >= 0.6 is 22.7 Å². The SMILES string of the molecule is CNC(=O)OC(Cc1ccccc1)C(=O)N(C)C(Cc1ccc(N)cc1)c1csc(-c2cccs2)n1. The number of nitrogens with one attached hydrogen (secondary N) is 1. The van der Waals surface area contributed by atoms with Crippen molar-refractivity contribution < 1.29 is 14.3 Å². The first kappa shape index (κ1) is 25.4. The normalized spacial score (nSPS) is 12.5. The Morgan fingerprint density at radius 3 is 2.39 bits per heavy atom. The van der Waals surface area contributed by atoms with Crippen LogP contribution < -0.4 is 11.1 Å². The molecular formula is C27H28N4O3S2. The number of thiophene rings is 1. The van der Waals surface area contributed by atoms with Crippen LogP contribution in [-0.4, -0.2) is 42.1 Å². The van der Waals surface area contributed by atoms with Crippen LogP contribution in [0.5, 0.6) is 0 Å². The van der Waals surface area contributed by atoms with Gasteiger partial charge in [0.15, 0.2) is 6.10 Å². The smallest absolute Gasteiger partial charge is 0.407 e. The lowest BCUT2D eigenvalue weighted by Crippen LogP contribution is -2.44. The topological polar surface area (TPSA) is 97.5 Å². The Bertz CT molecular complexity index is 1270. The first-order valence-corrected chi connectivity index (χ1v) is 13.2. The maximum atomic E-state index is 13.8. The van der Waals surface area contributed by atoms with Gasteiger partial charge in [0, 0.05) is 31.6 Å². The van der Waals surface area contributed by atoms with Gasteiger partial charge >= 0.3 is 6.09 Å². The molecule has 0 saturated carbocycles. The molecule has 2 atom stereocenters. The summed E-state index contributed by atoms with van der Waals surface area (Å²) < 4.78 is 5.53. The molecule has 0 saturated heterocycles. The number of thiazole rings is 1. The summed E-state index contributed by atoms with van der Waals surface area (Å²) in [4.78, 5) is 33.5. The van der Waals surface area contributed by atoms with Crippen LogP contribution in [0.3, 0.4) is 0 Å². The number of hydrogen-bond donors (Lipinski definition) is 2. The highest BCUT2D eigenvalue weighted by Gasteiger charge is 2.32. The number of nitrogens with two attached hydrogens (primary N) is 1. The Hall–Kier alpha value is -3.69. The van der Waals surface area contributed by atoms with Crippen LogP contribution in [-0.2, 0) is 22.4 Å². The van der Waals surface area contributed by atoms with Crippen molar-refractivity contribution in [3.05, 3.63) is 94.3 Å². The fraction of sp³-hybridized carbons (Fsp3) is 0.222. The Kier molecular flexibility index (Phi) is 8.35. The molecule has 0 bridgehead atoms. The fourth-order valence-electron chi connectivity index (χ4n) is 3.85. The number of hydrogen-bond acceptors (Lipinski definition) is 7. The molecule has 2 amide bonds. The van der Waals surface area contributed by atoms with Gasteiger partial charge in [0.2, 0.25) is 0 Å². The third-order valence-electron chi connectivity index (χ3n) is 5.81. The van der Waals surface area contributed by atoms with Crippen LogP contribution in [0.25, 0.3) is 9.88 Å². The Labute approximate surface area is 218 Å². The lowest BCUT2D eigenvalue weighted by atomic mass is 10.0. The summed E-state index contributed by atoms with van der Waals surface area (Å²) in [5, 5.41) is 7.36. The predicted octanol–water partition coefficient (Wildman–Crippen LogP) is 5.16. The second-order valence-electron chi connectivity index (χ2n) is 8.30. The van der Waals surface area contributed by atoms with E-state index < -0.39 is 12.2 Å². The van der Waals surface area contributed by atoms with Gasteiger partial charge < -0.3 is 20.7 Å². The lowest BCUT2D eigenvalue weighted by Gasteiger charge is -2.30. The molecule has 2 heterocycles. The molecule has 0 fully saturated rings. The minimum absolute atomic E-state index is 0.267. The van der Waals surface area contributed by atoms with Crippen molar-refractivity contribution in [2.24, 2.45) is 0 Å². The van der Waals surface area contributed by atoms with E-state index in [1.165, 1.54) is 7.05 Å². The third-order valence-corrected chi connectivity index (χ3v) is 7.71. The standard InChI is InChI=1S/C27H28N4O3S2/c1-29-27(33)34-23(16-18-7-4-3-5-8-18)26(32)31(2)22(15-19-10-12-20(28)13-11-19)21-17-36-25(30-21)24-9-6-14-35-24/h3-14,17,22-23H,15-16,28H2,1-2H3,(H,29,33). The zero-order valence-electron chi connectivity index (χ0n) is 20.1. The van der Waals surface area contributed by atoms with Crippen LogP contribution in [0.15, 0.2) is 77.5 Å². The maximum absolute atomic E-state index is 13.8. The minimum Gasteiger partial charge on any atom is -0.436 e. The summed E-state index contributed by atoms with van der Waals surface area (Å²) in [6, 6.07) is 20.8. The minimum atomic E-state index is -0.985.